The van der Waals surface area contributed by atoms with E-state index in [1.807, 2.05) is 0 Å². The van der Waals surface area contributed by atoms with Gasteiger partial charge >= 0.3 is 0 Å². The summed E-state index contributed by atoms with van der Waals surface area (Å²) >= 11 is 0. The zero-order chi connectivity index (χ0) is 35.0. The van der Waals surface area contributed by atoms with Crippen molar-refractivity contribution < 1.29 is 0 Å². The number of nitrogens with zero attached hydrogens (tertiary/aromatic N) is 1. The molecule has 52 heavy (non-hydrogen) atoms. The Labute approximate surface area is 307 Å². The van der Waals surface area contributed by atoms with E-state index in [0.29, 0.717) is 0 Å². The molecule has 4 aliphatic carbocycles. The first-order valence-corrected chi connectivity index (χ1v) is 19.2. The minimum Gasteiger partial charge on any atom is -0.309 e. The molecule has 252 valence electrons. The van der Waals surface area contributed by atoms with Crippen LogP contribution in [-0.4, -0.2) is 0 Å². The van der Waals surface area contributed by atoms with Gasteiger partial charge in [-0.1, -0.05) is 150 Å². The molecule has 0 aromatic heterocycles. The van der Waals surface area contributed by atoms with Crippen molar-refractivity contribution >= 4 is 27.8 Å². The maximum absolute atomic E-state index is 2.64. The summed E-state index contributed by atoms with van der Waals surface area (Å²) in [5, 5.41) is 2.63. The molecule has 0 aliphatic heterocycles. The first-order valence-electron chi connectivity index (χ1n) is 19.2. The fourth-order valence-electron chi connectivity index (χ4n) is 11.1. The highest BCUT2D eigenvalue weighted by Gasteiger charge is 2.47. The molecule has 4 aliphatic rings. The van der Waals surface area contributed by atoms with E-state index in [0.717, 1.165) is 0 Å². The molecule has 0 atom stereocenters. The van der Waals surface area contributed by atoms with Crippen molar-refractivity contribution in [3.63, 3.8) is 0 Å². The first-order chi connectivity index (χ1) is 25.3. The molecule has 7 aromatic carbocycles. The van der Waals surface area contributed by atoms with Gasteiger partial charge in [-0.3, -0.25) is 0 Å². The molecule has 0 saturated heterocycles. The highest BCUT2D eigenvalue weighted by Crippen LogP contribution is 2.62. The van der Waals surface area contributed by atoms with E-state index in [2.05, 4.69) is 172 Å². The Balaban J connectivity index is 1.24. The maximum Gasteiger partial charge on any atom is 0.0621 e. The van der Waals surface area contributed by atoms with Crippen molar-refractivity contribution in [2.45, 2.75) is 69.6 Å². The molecule has 0 radical (unpaired) electrons. The molecule has 1 saturated carbocycles. The van der Waals surface area contributed by atoms with Gasteiger partial charge in [0.2, 0.25) is 0 Å². The van der Waals surface area contributed by atoms with Gasteiger partial charge in [0, 0.05) is 38.6 Å². The van der Waals surface area contributed by atoms with Crippen molar-refractivity contribution in [2.75, 3.05) is 4.90 Å². The normalized spacial score (nSPS) is 17.4. The van der Waals surface area contributed by atoms with Crippen molar-refractivity contribution in [1.29, 1.82) is 0 Å². The quantitative estimate of drug-likeness (QED) is 0.181. The van der Waals surface area contributed by atoms with Crippen LogP contribution >= 0.6 is 0 Å². The van der Waals surface area contributed by atoms with E-state index in [4.69, 9.17) is 0 Å². The highest BCUT2D eigenvalue weighted by atomic mass is 15.1. The minimum atomic E-state index is -0.101. The number of rotatable bonds is 3. The lowest BCUT2D eigenvalue weighted by atomic mass is 9.76. The first kappa shape index (κ1) is 30.2. The summed E-state index contributed by atoms with van der Waals surface area (Å²) in [7, 11) is 0. The van der Waals surface area contributed by atoms with Crippen molar-refractivity contribution in [1.82, 2.24) is 0 Å². The molecule has 0 unspecified atom stereocenters. The van der Waals surface area contributed by atoms with Crippen LogP contribution in [0.5, 0.6) is 0 Å². The summed E-state index contributed by atoms with van der Waals surface area (Å²) in [6.45, 7) is 9.60. The Morgan fingerprint density at radius 3 is 1.50 bits per heavy atom. The summed E-state index contributed by atoms with van der Waals surface area (Å²) in [6, 6.07) is 53.7. The Hall–Kier alpha value is -5.40. The third-order valence-corrected chi connectivity index (χ3v) is 13.6. The molecular weight excluding hydrogens is 627 g/mol. The van der Waals surface area contributed by atoms with Crippen LogP contribution in [0.1, 0.15) is 86.8 Å². The molecule has 1 nitrogen and oxygen atoms in total. The van der Waals surface area contributed by atoms with Crippen LogP contribution in [0.25, 0.3) is 44.2 Å². The smallest absolute Gasteiger partial charge is 0.0621 e. The Morgan fingerprint density at radius 2 is 0.904 bits per heavy atom. The van der Waals surface area contributed by atoms with Crippen molar-refractivity contribution in [3.8, 4) is 33.4 Å². The van der Waals surface area contributed by atoms with Crippen LogP contribution in [0.2, 0.25) is 0 Å². The zero-order valence-electron chi connectivity index (χ0n) is 30.6. The number of fused-ring (bicyclic) bond motifs is 12. The van der Waals surface area contributed by atoms with Gasteiger partial charge in [-0.25, -0.2) is 0 Å². The summed E-state index contributed by atoms with van der Waals surface area (Å²) in [5.41, 5.74) is 20.5. The lowest BCUT2D eigenvalue weighted by Gasteiger charge is -2.33. The van der Waals surface area contributed by atoms with Gasteiger partial charge in [-0.05, 0) is 110 Å². The van der Waals surface area contributed by atoms with Crippen LogP contribution in [0.15, 0.2) is 140 Å². The molecule has 1 fully saturated rings. The van der Waals surface area contributed by atoms with Crippen molar-refractivity contribution in [2.24, 2.45) is 0 Å². The number of hydrogen-bond donors (Lipinski definition) is 0. The standard InChI is InChI=1S/C51H43N/c1-49(2)41-20-10-7-17-36(41)38-25-23-33(30-44(38)49)52(34-24-26-39-37-18-8-11-21-42(37)50(3,4)45(39)31-34)48-35-16-6-5-15-32(35)29-46-47(48)40-19-9-12-22-43(40)51(46)27-13-14-28-51/h5-12,15-26,29-31H,13-14,27-28H2,1-4H3. The Kier molecular flexibility index (Phi) is 6.02. The van der Waals surface area contributed by atoms with Crippen LogP contribution in [-0.2, 0) is 16.2 Å². The third kappa shape index (κ3) is 3.79. The lowest BCUT2D eigenvalue weighted by molar-refractivity contribution is 0.550. The van der Waals surface area contributed by atoms with Gasteiger partial charge in [0.1, 0.15) is 0 Å². The van der Waals surface area contributed by atoms with Crippen LogP contribution in [0.3, 0.4) is 0 Å². The Morgan fingerprint density at radius 1 is 0.423 bits per heavy atom. The predicted octanol–water partition coefficient (Wildman–Crippen LogP) is 13.8. The monoisotopic (exact) mass is 669 g/mol. The van der Waals surface area contributed by atoms with Gasteiger partial charge < -0.3 is 4.90 Å². The van der Waals surface area contributed by atoms with Crippen molar-refractivity contribution in [3.05, 3.63) is 173 Å². The molecule has 0 N–H and O–H groups in total. The molecule has 0 bridgehead atoms. The molecule has 7 aromatic rings. The SMILES string of the molecule is CC1(C)c2ccccc2-c2ccc(N(c3ccc4c(c3)C(C)(C)c3ccccc3-4)c3c4c(cc5ccccc35)C3(CCCC3)c3ccccc3-4)cc21. The third-order valence-electron chi connectivity index (χ3n) is 13.6. The fraction of sp³-hybridized carbons (Fsp3) is 0.216. The molecule has 11 rings (SSSR count). The second kappa shape index (κ2) is 10.4. The van der Waals surface area contributed by atoms with E-state index in [-0.39, 0.29) is 16.2 Å². The summed E-state index contributed by atoms with van der Waals surface area (Å²) in [5.74, 6) is 0. The minimum absolute atomic E-state index is 0.0690. The second-order valence-electron chi connectivity index (χ2n) is 16.8. The van der Waals surface area contributed by atoms with E-state index >= 15 is 0 Å². The highest BCUT2D eigenvalue weighted by molar-refractivity contribution is 6.10. The molecule has 1 heteroatoms. The van der Waals surface area contributed by atoms with Gasteiger partial charge in [0.25, 0.3) is 0 Å². The largest absolute Gasteiger partial charge is 0.309 e. The molecule has 0 heterocycles. The van der Waals surface area contributed by atoms with Gasteiger partial charge in [0.05, 0.1) is 5.69 Å². The number of benzene rings is 7. The topological polar surface area (TPSA) is 3.24 Å². The van der Waals surface area contributed by atoms with Crippen LogP contribution in [0, 0.1) is 0 Å². The molecule has 0 amide bonds. The van der Waals surface area contributed by atoms with E-state index in [1.54, 1.807) is 0 Å². The van der Waals surface area contributed by atoms with Gasteiger partial charge in [-0.2, -0.15) is 0 Å². The van der Waals surface area contributed by atoms with E-state index < -0.39 is 0 Å². The average Bonchev–Trinajstić information content (AvgIpc) is 3.89. The maximum atomic E-state index is 2.64. The van der Waals surface area contributed by atoms with Gasteiger partial charge in [-0.15, -0.1) is 0 Å². The fourth-order valence-corrected chi connectivity index (χ4v) is 11.1. The summed E-state index contributed by atoms with van der Waals surface area (Å²) in [4.78, 5) is 2.64. The predicted molar refractivity (Wildman–Crippen MR) is 218 cm³/mol. The summed E-state index contributed by atoms with van der Waals surface area (Å²) < 4.78 is 0. The summed E-state index contributed by atoms with van der Waals surface area (Å²) in [6.07, 6.45) is 4.98. The van der Waals surface area contributed by atoms with Gasteiger partial charge in [0.15, 0.2) is 0 Å². The number of hydrogen-bond acceptors (Lipinski definition) is 1. The van der Waals surface area contributed by atoms with Crippen LogP contribution in [0.4, 0.5) is 17.1 Å². The lowest BCUT2D eigenvalue weighted by Crippen LogP contribution is -2.21. The van der Waals surface area contributed by atoms with E-state index in [9.17, 15) is 0 Å². The van der Waals surface area contributed by atoms with E-state index in [1.165, 1.54) is 120 Å². The van der Waals surface area contributed by atoms with Crippen LogP contribution < -0.4 is 4.90 Å². The average molecular weight is 670 g/mol. The Bertz CT molecular complexity index is 2540. The molecule has 1 spiro atoms. The molecular formula is C51H43N. The number of anilines is 3. The zero-order valence-corrected chi connectivity index (χ0v) is 30.6. The second-order valence-corrected chi connectivity index (χ2v) is 16.8.